The third kappa shape index (κ3) is 3.86. The van der Waals surface area contributed by atoms with Crippen molar-refractivity contribution >= 4 is 23.2 Å². The molecular formula is C20H21FN2O4. The quantitative estimate of drug-likeness (QED) is 0.876. The Morgan fingerprint density at radius 3 is 2.56 bits per heavy atom. The van der Waals surface area contributed by atoms with Crippen LogP contribution in [0.5, 0.6) is 11.5 Å². The highest BCUT2D eigenvalue weighted by Gasteiger charge is 2.35. The van der Waals surface area contributed by atoms with E-state index in [1.807, 2.05) is 0 Å². The molecule has 27 heavy (non-hydrogen) atoms. The van der Waals surface area contributed by atoms with Gasteiger partial charge in [0.1, 0.15) is 5.82 Å². The van der Waals surface area contributed by atoms with Crippen molar-refractivity contribution in [1.82, 2.24) is 0 Å². The molecule has 0 bridgehead atoms. The zero-order chi connectivity index (χ0) is 19.6. The molecule has 2 aromatic carbocycles. The van der Waals surface area contributed by atoms with E-state index in [1.165, 1.54) is 20.3 Å². The first-order valence-electron chi connectivity index (χ1n) is 8.52. The molecule has 1 saturated heterocycles. The van der Waals surface area contributed by atoms with Crippen LogP contribution in [-0.2, 0) is 9.59 Å². The SMILES string of the molecule is COc1ccc(N2CC(C(=O)Nc3ccc(C)c(F)c3)CC2=O)cc1OC. The minimum atomic E-state index is -0.519. The monoisotopic (exact) mass is 372 g/mol. The molecule has 1 N–H and O–H groups in total. The summed E-state index contributed by atoms with van der Waals surface area (Å²) in [4.78, 5) is 26.5. The van der Waals surface area contributed by atoms with Gasteiger partial charge < -0.3 is 19.7 Å². The lowest BCUT2D eigenvalue weighted by Gasteiger charge is -2.18. The van der Waals surface area contributed by atoms with Crippen molar-refractivity contribution in [3.05, 3.63) is 47.8 Å². The molecule has 1 fully saturated rings. The summed E-state index contributed by atoms with van der Waals surface area (Å²) in [6, 6.07) is 9.67. The lowest BCUT2D eigenvalue weighted by Crippen LogP contribution is -2.28. The Kier molecular flexibility index (Phi) is 5.30. The van der Waals surface area contributed by atoms with Crippen LogP contribution in [-0.4, -0.2) is 32.6 Å². The van der Waals surface area contributed by atoms with E-state index in [1.54, 1.807) is 42.2 Å². The molecule has 0 aromatic heterocycles. The first kappa shape index (κ1) is 18.7. The Bertz CT molecular complexity index is 884. The normalized spacial score (nSPS) is 16.4. The van der Waals surface area contributed by atoms with Gasteiger partial charge in [0.15, 0.2) is 11.5 Å². The second kappa shape index (κ2) is 7.65. The molecule has 1 aliphatic heterocycles. The number of ether oxygens (including phenoxy) is 2. The molecular weight excluding hydrogens is 351 g/mol. The molecule has 6 nitrogen and oxygen atoms in total. The zero-order valence-electron chi connectivity index (χ0n) is 15.4. The maximum absolute atomic E-state index is 13.6. The number of methoxy groups -OCH3 is 2. The highest BCUT2D eigenvalue weighted by molar-refractivity contribution is 6.03. The molecule has 3 rings (SSSR count). The number of rotatable bonds is 5. The maximum atomic E-state index is 13.6. The molecule has 0 aliphatic carbocycles. The zero-order valence-corrected chi connectivity index (χ0v) is 15.4. The number of halogens is 1. The van der Waals surface area contributed by atoms with Gasteiger partial charge in [-0.25, -0.2) is 4.39 Å². The fraction of sp³-hybridized carbons (Fsp3) is 0.300. The van der Waals surface area contributed by atoms with Gasteiger partial charge in [-0.2, -0.15) is 0 Å². The van der Waals surface area contributed by atoms with E-state index in [2.05, 4.69) is 5.32 Å². The minimum Gasteiger partial charge on any atom is -0.493 e. The largest absolute Gasteiger partial charge is 0.493 e. The number of carbonyl (C=O) groups is 2. The van der Waals surface area contributed by atoms with Crippen LogP contribution < -0.4 is 19.7 Å². The molecule has 0 radical (unpaired) electrons. The first-order chi connectivity index (χ1) is 12.9. The molecule has 2 amide bonds. The topological polar surface area (TPSA) is 67.9 Å². The van der Waals surface area contributed by atoms with Crippen LogP contribution in [0.25, 0.3) is 0 Å². The summed E-state index contributed by atoms with van der Waals surface area (Å²) in [5, 5.41) is 2.68. The Morgan fingerprint density at radius 1 is 1.15 bits per heavy atom. The van der Waals surface area contributed by atoms with E-state index in [9.17, 15) is 14.0 Å². The molecule has 1 unspecified atom stereocenters. The highest BCUT2D eigenvalue weighted by Crippen LogP contribution is 2.34. The molecule has 2 aromatic rings. The van der Waals surface area contributed by atoms with Crippen LogP contribution in [0.4, 0.5) is 15.8 Å². The molecule has 0 saturated carbocycles. The third-order valence-electron chi connectivity index (χ3n) is 4.61. The van der Waals surface area contributed by atoms with Crippen molar-refractivity contribution in [1.29, 1.82) is 0 Å². The van der Waals surface area contributed by atoms with Crippen molar-refractivity contribution in [2.45, 2.75) is 13.3 Å². The summed E-state index contributed by atoms with van der Waals surface area (Å²) in [5.41, 5.74) is 1.51. The van der Waals surface area contributed by atoms with Crippen LogP contribution in [0.3, 0.4) is 0 Å². The average Bonchev–Trinajstić information content (AvgIpc) is 3.06. The molecule has 0 spiro atoms. The number of amides is 2. The first-order valence-corrected chi connectivity index (χ1v) is 8.52. The number of benzene rings is 2. The van der Waals surface area contributed by atoms with Crippen LogP contribution in [0.1, 0.15) is 12.0 Å². The van der Waals surface area contributed by atoms with Gasteiger partial charge >= 0.3 is 0 Å². The fourth-order valence-electron chi connectivity index (χ4n) is 3.04. The van der Waals surface area contributed by atoms with Gasteiger partial charge in [-0.1, -0.05) is 6.07 Å². The second-order valence-electron chi connectivity index (χ2n) is 6.40. The number of hydrogen-bond donors (Lipinski definition) is 1. The van der Waals surface area contributed by atoms with Gasteiger partial charge in [-0.3, -0.25) is 9.59 Å². The summed E-state index contributed by atoms with van der Waals surface area (Å²) in [7, 11) is 3.05. The van der Waals surface area contributed by atoms with E-state index >= 15 is 0 Å². The van der Waals surface area contributed by atoms with Gasteiger partial charge in [0.2, 0.25) is 11.8 Å². The van der Waals surface area contributed by atoms with E-state index in [0.29, 0.717) is 28.4 Å². The predicted octanol–water partition coefficient (Wildman–Crippen LogP) is 3.14. The third-order valence-corrected chi connectivity index (χ3v) is 4.61. The fourth-order valence-corrected chi connectivity index (χ4v) is 3.04. The predicted molar refractivity (Wildman–Crippen MR) is 99.8 cm³/mol. The molecule has 1 atom stereocenters. The Labute approximate surface area is 156 Å². The van der Waals surface area contributed by atoms with E-state index in [4.69, 9.17) is 9.47 Å². The van der Waals surface area contributed by atoms with Crippen LogP contribution in [0.15, 0.2) is 36.4 Å². The van der Waals surface area contributed by atoms with Crippen molar-refractivity contribution in [2.75, 3.05) is 31.0 Å². The van der Waals surface area contributed by atoms with E-state index < -0.39 is 5.92 Å². The van der Waals surface area contributed by atoms with Crippen molar-refractivity contribution < 1.29 is 23.5 Å². The number of nitrogens with one attached hydrogen (secondary N) is 1. The number of aryl methyl sites for hydroxylation is 1. The highest BCUT2D eigenvalue weighted by atomic mass is 19.1. The molecule has 1 heterocycles. The summed E-state index contributed by atoms with van der Waals surface area (Å²) < 4.78 is 24.1. The van der Waals surface area contributed by atoms with E-state index in [-0.39, 0.29) is 30.6 Å². The Balaban J connectivity index is 1.73. The Hall–Kier alpha value is -3.09. The van der Waals surface area contributed by atoms with Crippen LogP contribution >= 0.6 is 0 Å². The lowest BCUT2D eigenvalue weighted by molar-refractivity contribution is -0.122. The minimum absolute atomic E-state index is 0.0918. The maximum Gasteiger partial charge on any atom is 0.229 e. The van der Waals surface area contributed by atoms with Crippen molar-refractivity contribution in [2.24, 2.45) is 5.92 Å². The summed E-state index contributed by atoms with van der Waals surface area (Å²) in [6.07, 6.45) is 0.0918. The second-order valence-corrected chi connectivity index (χ2v) is 6.40. The molecule has 7 heteroatoms. The van der Waals surface area contributed by atoms with Crippen molar-refractivity contribution in [3.8, 4) is 11.5 Å². The average molecular weight is 372 g/mol. The van der Waals surface area contributed by atoms with Gasteiger partial charge in [-0.05, 0) is 36.8 Å². The molecule has 142 valence electrons. The number of anilines is 2. The standard InChI is InChI=1S/C20H21FN2O4/c1-12-4-5-14(9-16(12)21)22-20(25)13-8-19(24)23(11-13)15-6-7-17(26-2)18(10-15)27-3/h4-7,9-10,13H,8,11H2,1-3H3,(H,22,25). The van der Waals surface area contributed by atoms with Crippen molar-refractivity contribution in [3.63, 3.8) is 0 Å². The number of hydrogen-bond acceptors (Lipinski definition) is 4. The van der Waals surface area contributed by atoms with E-state index in [0.717, 1.165) is 0 Å². The van der Waals surface area contributed by atoms with Gasteiger partial charge in [-0.15, -0.1) is 0 Å². The summed E-state index contributed by atoms with van der Waals surface area (Å²) in [6.45, 7) is 1.89. The van der Waals surface area contributed by atoms with Gasteiger partial charge in [0, 0.05) is 30.4 Å². The number of nitrogens with zero attached hydrogens (tertiary/aromatic N) is 1. The summed E-state index contributed by atoms with van der Waals surface area (Å²) in [5.74, 6) is -0.307. The smallest absolute Gasteiger partial charge is 0.229 e. The Morgan fingerprint density at radius 2 is 1.89 bits per heavy atom. The van der Waals surface area contributed by atoms with Gasteiger partial charge in [0.05, 0.1) is 20.1 Å². The lowest BCUT2D eigenvalue weighted by atomic mass is 10.1. The number of carbonyl (C=O) groups excluding carboxylic acids is 2. The van der Waals surface area contributed by atoms with Gasteiger partial charge in [0.25, 0.3) is 0 Å². The summed E-state index contributed by atoms with van der Waals surface area (Å²) >= 11 is 0. The molecule has 1 aliphatic rings. The van der Waals surface area contributed by atoms with Crippen LogP contribution in [0, 0.1) is 18.7 Å². The van der Waals surface area contributed by atoms with Crippen LogP contribution in [0.2, 0.25) is 0 Å².